The fraction of sp³-hybridized carbons (Fsp3) is 0.591. The van der Waals surface area contributed by atoms with E-state index < -0.39 is 5.54 Å². The third kappa shape index (κ3) is 4.05. The van der Waals surface area contributed by atoms with E-state index in [0.717, 1.165) is 12.8 Å². The molecule has 30 heavy (non-hydrogen) atoms. The van der Waals surface area contributed by atoms with Gasteiger partial charge >= 0.3 is 6.03 Å². The summed E-state index contributed by atoms with van der Waals surface area (Å²) in [6.07, 6.45) is 2.76. The highest BCUT2D eigenvalue weighted by Gasteiger charge is 2.54. The number of piperidine rings is 1. The van der Waals surface area contributed by atoms with Crippen LogP contribution in [0.25, 0.3) is 0 Å². The molecule has 3 fully saturated rings. The minimum atomic E-state index is -0.798. The molecule has 0 radical (unpaired) electrons. The molecule has 8 heteroatoms. The van der Waals surface area contributed by atoms with Crippen molar-refractivity contribution in [3.05, 3.63) is 35.9 Å². The first-order valence-corrected chi connectivity index (χ1v) is 10.6. The number of hydrogen-bond donors (Lipinski definition) is 2. The van der Waals surface area contributed by atoms with Crippen LogP contribution in [0, 0.1) is 5.92 Å². The number of nitrogens with zero attached hydrogens (tertiary/aromatic N) is 2. The zero-order chi connectivity index (χ0) is 20.6. The smallest absolute Gasteiger partial charge is 0.325 e. The third-order valence-corrected chi connectivity index (χ3v) is 6.50. The van der Waals surface area contributed by atoms with Gasteiger partial charge in [0.25, 0.3) is 5.91 Å². The molecule has 3 saturated heterocycles. The van der Waals surface area contributed by atoms with E-state index in [-0.39, 0.29) is 48.3 Å². The number of imide groups is 1. The van der Waals surface area contributed by atoms with E-state index in [1.165, 1.54) is 5.56 Å². The molecule has 2 N–H and O–H groups in total. The van der Waals surface area contributed by atoms with E-state index in [0.29, 0.717) is 32.5 Å². The number of hydrogen-bond acceptors (Lipinski definition) is 4. The highest BCUT2D eigenvalue weighted by Crippen LogP contribution is 2.35. The zero-order valence-electron chi connectivity index (χ0n) is 17.6. The molecule has 0 aliphatic carbocycles. The van der Waals surface area contributed by atoms with Crippen LogP contribution in [0.3, 0.4) is 0 Å². The van der Waals surface area contributed by atoms with Crippen molar-refractivity contribution in [1.82, 2.24) is 20.4 Å². The first-order chi connectivity index (χ1) is 13.9. The summed E-state index contributed by atoms with van der Waals surface area (Å²) >= 11 is 0. The maximum absolute atomic E-state index is 13.1. The van der Waals surface area contributed by atoms with Crippen molar-refractivity contribution in [3.63, 3.8) is 0 Å². The van der Waals surface area contributed by atoms with Gasteiger partial charge in [-0.05, 0) is 37.2 Å². The van der Waals surface area contributed by atoms with Crippen molar-refractivity contribution in [2.75, 3.05) is 19.6 Å². The number of likely N-dealkylation sites (tertiary alicyclic amines) is 1. The van der Waals surface area contributed by atoms with Gasteiger partial charge in [0.1, 0.15) is 5.54 Å². The van der Waals surface area contributed by atoms with E-state index in [1.807, 2.05) is 36.9 Å². The van der Waals surface area contributed by atoms with Crippen LogP contribution >= 0.6 is 12.4 Å². The van der Waals surface area contributed by atoms with Crippen molar-refractivity contribution in [2.45, 2.75) is 57.2 Å². The van der Waals surface area contributed by atoms with Crippen LogP contribution in [0.4, 0.5) is 4.79 Å². The van der Waals surface area contributed by atoms with Gasteiger partial charge in [-0.25, -0.2) is 4.79 Å². The zero-order valence-corrected chi connectivity index (χ0v) is 18.4. The van der Waals surface area contributed by atoms with Gasteiger partial charge in [-0.1, -0.05) is 44.2 Å². The van der Waals surface area contributed by atoms with Crippen LogP contribution in [0.5, 0.6) is 0 Å². The predicted octanol–water partition coefficient (Wildman–Crippen LogP) is 2.47. The molecular weight excluding hydrogens is 404 g/mol. The first kappa shape index (κ1) is 22.6. The second kappa shape index (κ2) is 8.94. The summed E-state index contributed by atoms with van der Waals surface area (Å²) in [5, 5.41) is 5.97. The second-order valence-electron chi connectivity index (χ2n) is 8.88. The maximum atomic E-state index is 13.1. The monoisotopic (exact) mass is 434 g/mol. The molecule has 0 bridgehead atoms. The fourth-order valence-electron chi connectivity index (χ4n) is 4.92. The Bertz CT molecular complexity index is 793. The third-order valence-electron chi connectivity index (χ3n) is 6.50. The van der Waals surface area contributed by atoms with Crippen LogP contribution in [0.15, 0.2) is 30.3 Å². The number of urea groups is 1. The van der Waals surface area contributed by atoms with Crippen LogP contribution in [-0.2, 0) is 9.59 Å². The molecule has 2 atom stereocenters. The first-order valence-electron chi connectivity index (χ1n) is 10.6. The number of rotatable bonds is 4. The van der Waals surface area contributed by atoms with Gasteiger partial charge in [-0.2, -0.15) is 0 Å². The summed E-state index contributed by atoms with van der Waals surface area (Å²) in [5.41, 5.74) is 0.416. The SMILES string of the molecule is CC(C)CN1C(=O)NC(=O)C12CCN(C(=O)[C@H]1CC[C@H](c3ccccc3)N1)CC2.Cl. The summed E-state index contributed by atoms with van der Waals surface area (Å²) in [7, 11) is 0. The number of benzene rings is 1. The molecule has 3 aliphatic heterocycles. The summed E-state index contributed by atoms with van der Waals surface area (Å²) < 4.78 is 0. The van der Waals surface area contributed by atoms with Crippen molar-refractivity contribution < 1.29 is 14.4 Å². The minimum Gasteiger partial charge on any atom is -0.341 e. The Morgan fingerprint density at radius 3 is 2.43 bits per heavy atom. The summed E-state index contributed by atoms with van der Waals surface area (Å²) in [4.78, 5) is 41.5. The number of nitrogens with one attached hydrogen (secondary N) is 2. The molecule has 0 saturated carbocycles. The van der Waals surface area contributed by atoms with Crippen LogP contribution in [0.2, 0.25) is 0 Å². The molecule has 0 unspecified atom stereocenters. The van der Waals surface area contributed by atoms with Gasteiger partial charge in [-0.15, -0.1) is 12.4 Å². The standard InChI is InChI=1S/C22H30N4O3.ClH/c1-15(2)14-26-21(29)24-20(28)22(26)10-12-25(13-11-22)19(27)18-9-8-17(23-18)16-6-4-3-5-7-16;/h3-7,15,17-18,23H,8-14H2,1-2H3,(H,24,28,29);1H/t17-,18-;/m1./s1. The Kier molecular flexibility index (Phi) is 6.72. The van der Waals surface area contributed by atoms with E-state index in [2.05, 4.69) is 22.8 Å². The second-order valence-corrected chi connectivity index (χ2v) is 8.88. The Morgan fingerprint density at radius 1 is 1.13 bits per heavy atom. The molecule has 1 spiro atoms. The molecule has 3 aliphatic rings. The summed E-state index contributed by atoms with van der Waals surface area (Å²) in [5.74, 6) is 0.178. The van der Waals surface area contributed by atoms with E-state index >= 15 is 0 Å². The molecule has 164 valence electrons. The lowest BCUT2D eigenvalue weighted by molar-refractivity contribution is -0.139. The molecule has 4 rings (SSSR count). The largest absolute Gasteiger partial charge is 0.341 e. The Labute approximate surface area is 184 Å². The van der Waals surface area contributed by atoms with Gasteiger partial charge in [0.15, 0.2) is 0 Å². The molecule has 1 aromatic rings. The lowest BCUT2D eigenvalue weighted by atomic mass is 9.85. The van der Waals surface area contributed by atoms with Crippen molar-refractivity contribution in [2.24, 2.45) is 5.92 Å². The van der Waals surface area contributed by atoms with Crippen molar-refractivity contribution >= 4 is 30.3 Å². The van der Waals surface area contributed by atoms with E-state index in [9.17, 15) is 14.4 Å². The molecule has 3 heterocycles. The lowest BCUT2D eigenvalue weighted by Crippen LogP contribution is -2.59. The van der Waals surface area contributed by atoms with Crippen molar-refractivity contribution in [3.8, 4) is 0 Å². The summed E-state index contributed by atoms with van der Waals surface area (Å²) in [6, 6.07) is 9.95. The number of amides is 4. The Balaban J connectivity index is 0.00000256. The molecule has 1 aromatic carbocycles. The van der Waals surface area contributed by atoms with Crippen LogP contribution < -0.4 is 10.6 Å². The van der Waals surface area contributed by atoms with E-state index in [1.54, 1.807) is 4.90 Å². The van der Waals surface area contributed by atoms with Gasteiger partial charge in [-0.3, -0.25) is 20.2 Å². The minimum absolute atomic E-state index is 0. The normalized spacial score (nSPS) is 25.6. The topological polar surface area (TPSA) is 81.8 Å². The molecular formula is C22H31ClN4O3. The average Bonchev–Trinajstić information content (AvgIpc) is 3.29. The predicted molar refractivity (Wildman–Crippen MR) is 116 cm³/mol. The Hall–Kier alpha value is -2.12. The van der Waals surface area contributed by atoms with Gasteiger partial charge in [0.05, 0.1) is 6.04 Å². The Morgan fingerprint density at radius 2 is 1.80 bits per heavy atom. The molecule has 4 amide bonds. The quantitative estimate of drug-likeness (QED) is 0.713. The number of halogens is 1. The molecule has 7 nitrogen and oxygen atoms in total. The number of carbonyl (C=O) groups excluding carboxylic acids is 3. The highest BCUT2D eigenvalue weighted by atomic mass is 35.5. The van der Waals surface area contributed by atoms with Crippen molar-refractivity contribution in [1.29, 1.82) is 0 Å². The van der Waals surface area contributed by atoms with Crippen LogP contribution in [0.1, 0.15) is 51.1 Å². The highest BCUT2D eigenvalue weighted by molar-refractivity contribution is 6.07. The number of carbonyl (C=O) groups is 3. The fourth-order valence-corrected chi connectivity index (χ4v) is 4.92. The van der Waals surface area contributed by atoms with E-state index in [4.69, 9.17) is 0 Å². The van der Waals surface area contributed by atoms with Gasteiger partial charge < -0.3 is 9.80 Å². The summed E-state index contributed by atoms with van der Waals surface area (Å²) in [6.45, 7) is 5.63. The van der Waals surface area contributed by atoms with Gasteiger partial charge in [0.2, 0.25) is 5.91 Å². The molecule has 0 aromatic heterocycles. The lowest BCUT2D eigenvalue weighted by Gasteiger charge is -2.43. The maximum Gasteiger partial charge on any atom is 0.325 e. The average molecular weight is 435 g/mol. The van der Waals surface area contributed by atoms with Crippen LogP contribution in [-0.4, -0.2) is 58.9 Å². The van der Waals surface area contributed by atoms with Gasteiger partial charge in [0, 0.05) is 25.7 Å².